The Kier molecular flexibility index (Phi) is 6.66. The molecule has 1 unspecified atom stereocenters. The van der Waals surface area contributed by atoms with Gasteiger partial charge < -0.3 is 19.6 Å². The number of nitrogens with zero attached hydrogens (tertiary/aromatic N) is 1. The number of benzene rings is 1. The van der Waals surface area contributed by atoms with Gasteiger partial charge in [-0.2, -0.15) is 0 Å². The van der Waals surface area contributed by atoms with Crippen LogP contribution in [0.5, 0.6) is 5.75 Å². The quantitative estimate of drug-likeness (QED) is 0.816. The summed E-state index contributed by atoms with van der Waals surface area (Å²) >= 11 is 0. The molecule has 1 saturated heterocycles. The summed E-state index contributed by atoms with van der Waals surface area (Å²) in [5.74, 6) is -0.215. The van der Waals surface area contributed by atoms with Crippen LogP contribution in [0.4, 0.5) is 4.79 Å². The fraction of sp³-hybridized carbons (Fsp3) is 0.450. The van der Waals surface area contributed by atoms with Crippen molar-refractivity contribution in [3.05, 3.63) is 40.7 Å². The molecule has 8 nitrogen and oxygen atoms in total. The van der Waals surface area contributed by atoms with Crippen LogP contribution < -0.4 is 10.2 Å². The zero-order chi connectivity index (χ0) is 20.9. The van der Waals surface area contributed by atoms with E-state index >= 15 is 0 Å². The molecule has 2 heterocycles. The second kappa shape index (κ2) is 8.77. The molecule has 0 radical (unpaired) electrons. The highest BCUT2D eigenvalue weighted by Gasteiger charge is 2.36. The Labute approximate surface area is 163 Å². The molecule has 0 bridgehead atoms. The number of ether oxygens (including phenoxy) is 2. The van der Waals surface area contributed by atoms with E-state index in [1.165, 1.54) is 11.0 Å². The van der Waals surface area contributed by atoms with Gasteiger partial charge >= 0.3 is 12.1 Å². The molecular formula is C20H26N2O6. The van der Waals surface area contributed by atoms with Gasteiger partial charge in [-0.25, -0.2) is 9.59 Å². The molecule has 1 fully saturated rings. The summed E-state index contributed by atoms with van der Waals surface area (Å²) in [5, 5.41) is 9.57. The van der Waals surface area contributed by atoms with E-state index in [2.05, 4.69) is 4.98 Å². The largest absolute Gasteiger partial charge is 0.497 e. The van der Waals surface area contributed by atoms with Gasteiger partial charge in [-0.05, 0) is 45.7 Å². The number of aromatic amines is 1. The molecule has 0 aliphatic carbocycles. The number of pyridine rings is 1. The van der Waals surface area contributed by atoms with Gasteiger partial charge in [0.15, 0.2) is 5.43 Å². The predicted molar refractivity (Wildman–Crippen MR) is 105 cm³/mol. The van der Waals surface area contributed by atoms with E-state index in [1.54, 1.807) is 52.3 Å². The number of hydrogen-bond donors (Lipinski definition) is 2. The number of rotatable bonds is 2. The lowest BCUT2D eigenvalue weighted by Crippen LogP contribution is -2.43. The molecule has 152 valence electrons. The van der Waals surface area contributed by atoms with Gasteiger partial charge in [0.25, 0.3) is 0 Å². The van der Waals surface area contributed by atoms with E-state index in [9.17, 15) is 14.4 Å². The minimum absolute atomic E-state index is 0.0244. The maximum atomic E-state index is 11.6. The third-order valence-corrected chi connectivity index (χ3v) is 4.13. The van der Waals surface area contributed by atoms with Crippen LogP contribution in [0.1, 0.15) is 33.6 Å². The Balaban J connectivity index is 0.000000202. The van der Waals surface area contributed by atoms with Crippen LogP contribution in [0.15, 0.2) is 35.3 Å². The van der Waals surface area contributed by atoms with Crippen molar-refractivity contribution < 1.29 is 24.2 Å². The summed E-state index contributed by atoms with van der Waals surface area (Å²) in [4.78, 5) is 38.0. The molecule has 1 aromatic heterocycles. The van der Waals surface area contributed by atoms with Gasteiger partial charge in [0.2, 0.25) is 0 Å². The summed E-state index contributed by atoms with van der Waals surface area (Å²) in [6.07, 6.45) is 2.32. The van der Waals surface area contributed by atoms with E-state index in [0.29, 0.717) is 18.4 Å². The third-order valence-electron chi connectivity index (χ3n) is 4.13. The van der Waals surface area contributed by atoms with Crippen molar-refractivity contribution in [1.29, 1.82) is 0 Å². The molecule has 28 heavy (non-hydrogen) atoms. The molecular weight excluding hydrogens is 364 g/mol. The first-order valence-corrected chi connectivity index (χ1v) is 9.00. The number of H-pyrrole nitrogens is 1. The third kappa shape index (κ3) is 5.48. The lowest BCUT2D eigenvalue weighted by molar-refractivity contribution is -0.142. The molecule has 1 aliphatic heterocycles. The molecule has 3 rings (SSSR count). The number of carboxylic acids is 1. The Hall–Kier alpha value is -3.03. The second-order valence-electron chi connectivity index (χ2n) is 7.42. The maximum absolute atomic E-state index is 11.6. The van der Waals surface area contributed by atoms with Gasteiger partial charge in [-0.15, -0.1) is 0 Å². The van der Waals surface area contributed by atoms with Crippen LogP contribution in [-0.2, 0) is 9.53 Å². The number of aromatic nitrogens is 1. The number of fused-ring (bicyclic) bond motifs is 1. The van der Waals surface area contributed by atoms with Crippen LogP contribution in [0.2, 0.25) is 0 Å². The summed E-state index contributed by atoms with van der Waals surface area (Å²) in [7, 11) is 1.60. The van der Waals surface area contributed by atoms with E-state index in [0.717, 1.165) is 17.7 Å². The molecule has 8 heteroatoms. The molecule has 0 spiro atoms. The summed E-state index contributed by atoms with van der Waals surface area (Å²) in [5.41, 5.74) is 0.242. The molecule has 0 saturated carbocycles. The van der Waals surface area contributed by atoms with Crippen LogP contribution in [0, 0.1) is 0 Å². The highest BCUT2D eigenvalue weighted by molar-refractivity contribution is 5.81. The van der Waals surface area contributed by atoms with Gasteiger partial charge in [0.1, 0.15) is 17.4 Å². The van der Waals surface area contributed by atoms with Gasteiger partial charge in [-0.3, -0.25) is 9.69 Å². The van der Waals surface area contributed by atoms with Gasteiger partial charge in [0, 0.05) is 30.3 Å². The SMILES string of the molecule is CC(C)(C)OC(=O)N1CCCC1C(=O)O.COc1ccc2c(=O)cc[nH]c2c1. The number of nitrogens with one attached hydrogen (secondary N) is 1. The monoisotopic (exact) mass is 390 g/mol. The number of aliphatic carboxylic acids is 1. The lowest BCUT2D eigenvalue weighted by Gasteiger charge is -2.26. The van der Waals surface area contributed by atoms with Crippen LogP contribution >= 0.6 is 0 Å². The zero-order valence-corrected chi connectivity index (χ0v) is 16.5. The van der Waals surface area contributed by atoms with Crippen molar-refractivity contribution in [2.45, 2.75) is 45.3 Å². The minimum Gasteiger partial charge on any atom is -0.497 e. The van der Waals surface area contributed by atoms with Crippen molar-refractivity contribution >= 4 is 23.0 Å². The lowest BCUT2D eigenvalue weighted by atomic mass is 10.2. The van der Waals surface area contributed by atoms with E-state index in [1.807, 2.05) is 0 Å². The average molecular weight is 390 g/mol. The molecule has 1 atom stereocenters. The van der Waals surface area contributed by atoms with E-state index in [-0.39, 0.29) is 5.43 Å². The zero-order valence-electron chi connectivity index (χ0n) is 16.5. The number of likely N-dealkylation sites (tertiary alicyclic amines) is 1. The molecule has 2 aromatic rings. The minimum atomic E-state index is -0.960. The van der Waals surface area contributed by atoms with Crippen molar-refractivity contribution in [3.8, 4) is 5.75 Å². The van der Waals surface area contributed by atoms with Gasteiger partial charge in [-0.1, -0.05) is 0 Å². The predicted octanol–water partition coefficient (Wildman–Crippen LogP) is 3.01. The first kappa shape index (κ1) is 21.3. The Morgan fingerprint density at radius 1 is 1.25 bits per heavy atom. The Morgan fingerprint density at radius 2 is 1.96 bits per heavy atom. The number of carbonyl (C=O) groups is 2. The van der Waals surface area contributed by atoms with Crippen molar-refractivity contribution in [1.82, 2.24) is 9.88 Å². The van der Waals surface area contributed by atoms with Crippen LogP contribution in [0.3, 0.4) is 0 Å². The summed E-state index contributed by atoms with van der Waals surface area (Å²) < 4.78 is 10.2. The fourth-order valence-corrected chi connectivity index (χ4v) is 2.84. The fourth-order valence-electron chi connectivity index (χ4n) is 2.84. The van der Waals surface area contributed by atoms with Gasteiger partial charge in [0.05, 0.1) is 12.6 Å². The highest BCUT2D eigenvalue weighted by atomic mass is 16.6. The Morgan fingerprint density at radius 3 is 2.57 bits per heavy atom. The second-order valence-corrected chi connectivity index (χ2v) is 7.42. The van der Waals surface area contributed by atoms with Crippen molar-refractivity contribution in [3.63, 3.8) is 0 Å². The van der Waals surface area contributed by atoms with Crippen LogP contribution in [-0.4, -0.2) is 52.4 Å². The number of amides is 1. The topological polar surface area (TPSA) is 109 Å². The first-order valence-electron chi connectivity index (χ1n) is 9.00. The molecule has 2 N–H and O–H groups in total. The van der Waals surface area contributed by atoms with E-state index in [4.69, 9.17) is 14.6 Å². The molecule has 1 aliphatic rings. The van der Waals surface area contributed by atoms with Crippen molar-refractivity contribution in [2.24, 2.45) is 0 Å². The number of methoxy groups -OCH3 is 1. The number of hydrogen-bond acceptors (Lipinski definition) is 5. The van der Waals surface area contributed by atoms with Crippen LogP contribution in [0.25, 0.3) is 10.9 Å². The average Bonchev–Trinajstić information content (AvgIpc) is 3.11. The summed E-state index contributed by atoms with van der Waals surface area (Å²) in [6.45, 7) is 5.75. The molecule has 1 aromatic carbocycles. The summed E-state index contributed by atoms with van der Waals surface area (Å²) in [6, 6.07) is 6.12. The van der Waals surface area contributed by atoms with Crippen molar-refractivity contribution in [2.75, 3.05) is 13.7 Å². The standard InChI is InChI=1S/C10H17NO4.C10H9NO2/c1-10(2,3)15-9(14)11-6-4-5-7(11)8(12)13;1-13-7-2-3-8-9(6-7)11-5-4-10(8)12/h7H,4-6H2,1-3H3,(H,12,13);2-6H,1H3,(H,11,12). The first-order chi connectivity index (χ1) is 13.1. The van der Waals surface area contributed by atoms with E-state index < -0.39 is 23.7 Å². The molecule has 1 amide bonds. The normalized spacial score (nSPS) is 16.3. The smallest absolute Gasteiger partial charge is 0.411 e. The maximum Gasteiger partial charge on any atom is 0.411 e. The number of carbonyl (C=O) groups excluding carboxylic acids is 1. The highest BCUT2D eigenvalue weighted by Crippen LogP contribution is 2.20. The Bertz CT molecular complexity index is 899. The number of carboxylic acid groups (broad SMARTS) is 1.